The molecule has 11 heteroatoms. The Kier molecular flexibility index (Phi) is 8.56. The van der Waals surface area contributed by atoms with Crippen molar-refractivity contribution in [3.8, 4) is 34.3 Å². The van der Waals surface area contributed by atoms with Crippen molar-refractivity contribution in [1.29, 1.82) is 0 Å². The zero-order valence-corrected chi connectivity index (χ0v) is 22.3. The van der Waals surface area contributed by atoms with Gasteiger partial charge in [0, 0.05) is 23.3 Å². The Morgan fingerprint density at radius 2 is 1.67 bits per heavy atom. The van der Waals surface area contributed by atoms with E-state index in [2.05, 4.69) is 6.92 Å². The second-order valence-corrected chi connectivity index (χ2v) is 14.3. The number of ether oxygens (including phenoxy) is 1. The highest BCUT2D eigenvalue weighted by atomic mass is 28.4. The first-order chi connectivity index (χ1) is 17.0. The van der Waals surface area contributed by atoms with Crippen LogP contribution in [0.1, 0.15) is 39.2 Å². The van der Waals surface area contributed by atoms with Crippen LogP contribution in [0.2, 0.25) is 18.1 Å². The molecule has 0 aliphatic carbocycles. The van der Waals surface area contributed by atoms with Crippen molar-refractivity contribution >= 4 is 43.4 Å². The Morgan fingerprint density at radius 3 is 2.25 bits per heavy atom. The van der Waals surface area contributed by atoms with E-state index in [0.29, 0.717) is 23.5 Å². The van der Waals surface area contributed by atoms with Crippen molar-refractivity contribution in [3.63, 3.8) is 0 Å². The molecule has 1 heterocycles. The average Bonchev–Trinajstić information content (AvgIpc) is 2.83. The van der Waals surface area contributed by atoms with Crippen LogP contribution in [0.5, 0.6) is 23.0 Å². The SMILES string of the molecule is [B]Oc1ccc(-c2oc3cc(OCCCC)cc(O[B])c3c(=O)c2CC(C)(C)[Si](C)(C)O)cc1O[B]. The average molecular weight is 502 g/mol. The summed E-state index contributed by atoms with van der Waals surface area (Å²) in [5, 5.41) is -0.394. The van der Waals surface area contributed by atoms with E-state index in [1.165, 1.54) is 0 Å². The molecule has 1 N–H and O–H groups in total. The Hall–Kier alpha value is -2.78. The van der Waals surface area contributed by atoms with Crippen LogP contribution in [0.25, 0.3) is 22.3 Å². The fourth-order valence-corrected chi connectivity index (χ4v) is 4.31. The highest BCUT2D eigenvalue weighted by Gasteiger charge is 2.40. The van der Waals surface area contributed by atoms with Gasteiger partial charge in [-0.25, -0.2) is 0 Å². The van der Waals surface area contributed by atoms with Crippen molar-refractivity contribution in [2.24, 2.45) is 0 Å². The van der Waals surface area contributed by atoms with Crippen LogP contribution in [0.3, 0.4) is 0 Å². The first-order valence-electron chi connectivity index (χ1n) is 11.7. The van der Waals surface area contributed by atoms with Crippen LogP contribution in [0, 0.1) is 0 Å². The summed E-state index contributed by atoms with van der Waals surface area (Å²) in [6.07, 6.45) is 2.06. The van der Waals surface area contributed by atoms with Crippen LogP contribution < -0.4 is 24.1 Å². The molecule has 7 nitrogen and oxygen atoms in total. The van der Waals surface area contributed by atoms with Gasteiger partial charge in [-0.2, -0.15) is 0 Å². The van der Waals surface area contributed by atoms with Crippen molar-refractivity contribution in [2.75, 3.05) is 6.61 Å². The Morgan fingerprint density at radius 1 is 1.00 bits per heavy atom. The molecule has 184 valence electrons. The number of rotatable bonds is 11. The number of unbranched alkanes of at least 4 members (excludes halogenated alkanes) is 1. The minimum atomic E-state index is -2.70. The van der Waals surface area contributed by atoms with Gasteiger partial charge < -0.3 is 27.9 Å². The number of fused-ring (bicyclic) bond motifs is 1. The van der Waals surface area contributed by atoms with Gasteiger partial charge in [0.25, 0.3) is 0 Å². The zero-order valence-electron chi connectivity index (χ0n) is 21.3. The van der Waals surface area contributed by atoms with E-state index in [1.54, 1.807) is 30.3 Å². The lowest BCUT2D eigenvalue weighted by molar-refractivity contribution is 0.308. The van der Waals surface area contributed by atoms with Gasteiger partial charge in [0.2, 0.25) is 0 Å². The van der Waals surface area contributed by atoms with Crippen molar-refractivity contribution in [3.05, 3.63) is 46.1 Å². The lowest BCUT2D eigenvalue weighted by Crippen LogP contribution is -2.41. The minimum Gasteiger partial charge on any atom is -0.567 e. The molecule has 0 saturated heterocycles. The third-order valence-electron chi connectivity index (χ3n) is 6.66. The zero-order chi connectivity index (χ0) is 26.7. The summed E-state index contributed by atoms with van der Waals surface area (Å²) in [7, 11) is 13.6. The maximum Gasteiger partial charge on any atom is 0.374 e. The standard InChI is InChI=1S/C25H29B3O7Si/c1-6-7-10-31-16-12-20-22(21(13-16)35-28)23(29)17(14-25(2,3)36(4,5)30)24(32-20)15-8-9-18(33-26)19(11-15)34-27/h8-9,11-13,30H,6-7,10,14H2,1-5H3. The maximum absolute atomic E-state index is 14.0. The third-order valence-corrected chi connectivity index (χ3v) is 10.1. The van der Waals surface area contributed by atoms with Gasteiger partial charge in [0.1, 0.15) is 39.7 Å². The summed E-state index contributed by atoms with van der Waals surface area (Å²) >= 11 is 0. The molecular formula is C25H29B3O7Si. The lowest BCUT2D eigenvalue weighted by atomic mass is 9.95. The highest BCUT2D eigenvalue weighted by molar-refractivity contribution is 6.72. The molecular weight excluding hydrogens is 473 g/mol. The van der Waals surface area contributed by atoms with Gasteiger partial charge in [-0.15, -0.1) is 0 Å². The molecule has 0 saturated carbocycles. The summed E-state index contributed by atoms with van der Waals surface area (Å²) in [6.45, 7) is 10.1. The van der Waals surface area contributed by atoms with E-state index in [1.807, 2.05) is 26.9 Å². The predicted molar refractivity (Wildman–Crippen MR) is 145 cm³/mol. The molecule has 0 fully saturated rings. The van der Waals surface area contributed by atoms with E-state index >= 15 is 0 Å². The summed E-state index contributed by atoms with van der Waals surface area (Å²) in [6, 6.07) is 8.00. The topological polar surface area (TPSA) is 87.4 Å². The van der Waals surface area contributed by atoms with Gasteiger partial charge in [-0.3, -0.25) is 4.79 Å². The van der Waals surface area contributed by atoms with E-state index < -0.39 is 13.4 Å². The summed E-state index contributed by atoms with van der Waals surface area (Å²) in [5.74, 6) is 1.24. The molecule has 2 aromatic carbocycles. The normalized spacial score (nSPS) is 11.9. The Bertz CT molecular complexity index is 1290. The molecule has 0 bridgehead atoms. The molecule has 6 radical (unpaired) electrons. The van der Waals surface area contributed by atoms with Crippen LogP contribution in [0.15, 0.2) is 39.5 Å². The second kappa shape index (κ2) is 11.1. The van der Waals surface area contributed by atoms with E-state index in [4.69, 9.17) is 47.3 Å². The number of hydrogen-bond acceptors (Lipinski definition) is 7. The minimum absolute atomic E-state index is 0.136. The summed E-state index contributed by atoms with van der Waals surface area (Å²) in [4.78, 5) is 24.9. The van der Waals surface area contributed by atoms with Gasteiger partial charge in [0.05, 0.1) is 6.61 Å². The molecule has 3 rings (SSSR count). The van der Waals surface area contributed by atoms with Crippen molar-refractivity contribution in [1.82, 2.24) is 0 Å². The molecule has 0 amide bonds. The van der Waals surface area contributed by atoms with Crippen LogP contribution >= 0.6 is 0 Å². The summed E-state index contributed by atoms with van der Waals surface area (Å²) in [5.41, 5.74) is 0.767. The largest absolute Gasteiger partial charge is 0.567 e. The van der Waals surface area contributed by atoms with Crippen LogP contribution in [0.4, 0.5) is 0 Å². The Balaban J connectivity index is 2.33. The Labute approximate surface area is 216 Å². The van der Waals surface area contributed by atoms with Gasteiger partial charge in [0.15, 0.2) is 13.7 Å². The third kappa shape index (κ3) is 5.62. The summed E-state index contributed by atoms with van der Waals surface area (Å²) < 4.78 is 26.9. The fraction of sp³-hybridized carbons (Fsp3) is 0.400. The first-order valence-corrected chi connectivity index (χ1v) is 14.7. The predicted octanol–water partition coefficient (Wildman–Crippen LogP) is 4.55. The van der Waals surface area contributed by atoms with E-state index in [0.717, 1.165) is 12.8 Å². The van der Waals surface area contributed by atoms with Gasteiger partial charge in [-0.05, 0) is 49.2 Å². The smallest absolute Gasteiger partial charge is 0.374 e. The fourth-order valence-electron chi connectivity index (χ4n) is 3.70. The lowest BCUT2D eigenvalue weighted by Gasteiger charge is -2.35. The van der Waals surface area contributed by atoms with Gasteiger partial charge >= 0.3 is 24.1 Å². The monoisotopic (exact) mass is 502 g/mol. The van der Waals surface area contributed by atoms with Crippen LogP contribution in [-0.2, 0) is 6.42 Å². The molecule has 0 atom stereocenters. The van der Waals surface area contributed by atoms with Crippen LogP contribution in [-0.4, -0.2) is 43.9 Å². The maximum atomic E-state index is 14.0. The second-order valence-electron chi connectivity index (χ2n) is 9.87. The molecule has 0 aliphatic rings. The molecule has 1 aromatic heterocycles. The van der Waals surface area contributed by atoms with Crippen molar-refractivity contribution in [2.45, 2.75) is 58.2 Å². The quantitative estimate of drug-likeness (QED) is 0.304. The molecule has 0 aliphatic heterocycles. The molecule has 3 aromatic rings. The molecule has 36 heavy (non-hydrogen) atoms. The van der Waals surface area contributed by atoms with E-state index in [9.17, 15) is 9.59 Å². The molecule has 0 unspecified atom stereocenters. The number of hydrogen-bond donors (Lipinski definition) is 1. The van der Waals surface area contributed by atoms with Crippen molar-refractivity contribution < 1.29 is 27.9 Å². The van der Waals surface area contributed by atoms with Gasteiger partial charge in [-0.1, -0.05) is 27.2 Å². The number of benzene rings is 2. The highest BCUT2D eigenvalue weighted by Crippen LogP contribution is 2.43. The first kappa shape index (κ1) is 27.8. The molecule has 0 spiro atoms. The van der Waals surface area contributed by atoms with E-state index in [-0.39, 0.29) is 45.8 Å².